The van der Waals surface area contributed by atoms with E-state index in [0.717, 1.165) is 0 Å². The standard InChI is InChI=1S/C15H20N2/c16-15(12-4-2-1-3-5-12)13-7-6-11-8-9-17-14(11)10-13/h6-10,12,15,17H,1-5,16H2/t15-/m1/s1. The Morgan fingerprint density at radius 1 is 1.12 bits per heavy atom. The molecular weight excluding hydrogens is 208 g/mol. The Balaban J connectivity index is 1.86. The van der Waals surface area contributed by atoms with Gasteiger partial charge in [-0.05, 0) is 41.8 Å². The van der Waals surface area contributed by atoms with Crippen molar-refractivity contribution in [1.82, 2.24) is 4.98 Å². The molecule has 17 heavy (non-hydrogen) atoms. The Hall–Kier alpha value is -1.28. The maximum absolute atomic E-state index is 6.42. The van der Waals surface area contributed by atoms with Gasteiger partial charge in [-0.25, -0.2) is 0 Å². The number of aromatic nitrogens is 1. The minimum absolute atomic E-state index is 0.211. The highest BCUT2D eigenvalue weighted by atomic mass is 14.7. The molecule has 3 rings (SSSR count). The largest absolute Gasteiger partial charge is 0.361 e. The molecule has 0 bridgehead atoms. The van der Waals surface area contributed by atoms with Crippen molar-refractivity contribution in [2.45, 2.75) is 38.1 Å². The Morgan fingerprint density at radius 3 is 2.76 bits per heavy atom. The predicted octanol–water partition coefficient (Wildman–Crippen LogP) is 3.75. The summed E-state index contributed by atoms with van der Waals surface area (Å²) in [5.74, 6) is 0.677. The zero-order valence-corrected chi connectivity index (χ0v) is 10.2. The molecule has 2 nitrogen and oxygen atoms in total. The third kappa shape index (κ3) is 2.09. The molecule has 2 heteroatoms. The van der Waals surface area contributed by atoms with Crippen molar-refractivity contribution < 1.29 is 0 Å². The molecule has 1 fully saturated rings. The van der Waals surface area contributed by atoms with Crippen molar-refractivity contribution in [3.05, 3.63) is 36.0 Å². The number of nitrogens with one attached hydrogen (secondary N) is 1. The Labute approximate surface area is 102 Å². The molecule has 1 aromatic carbocycles. The fourth-order valence-corrected chi connectivity index (χ4v) is 3.04. The molecule has 1 heterocycles. The lowest BCUT2D eigenvalue weighted by Gasteiger charge is -2.27. The molecule has 3 N–H and O–H groups in total. The maximum Gasteiger partial charge on any atom is 0.0457 e. The summed E-state index contributed by atoms with van der Waals surface area (Å²) in [4.78, 5) is 3.26. The van der Waals surface area contributed by atoms with Crippen LogP contribution in [0.1, 0.15) is 43.7 Å². The van der Waals surface area contributed by atoms with Crippen LogP contribution in [0.5, 0.6) is 0 Å². The lowest BCUT2D eigenvalue weighted by atomic mass is 9.81. The predicted molar refractivity (Wildman–Crippen MR) is 71.8 cm³/mol. The summed E-state index contributed by atoms with van der Waals surface area (Å²) < 4.78 is 0. The average molecular weight is 228 g/mol. The summed E-state index contributed by atoms with van der Waals surface area (Å²) in [7, 11) is 0. The molecule has 0 amide bonds. The highest BCUT2D eigenvalue weighted by Gasteiger charge is 2.21. The van der Waals surface area contributed by atoms with Crippen molar-refractivity contribution >= 4 is 10.9 Å². The van der Waals surface area contributed by atoms with E-state index in [-0.39, 0.29) is 6.04 Å². The zero-order chi connectivity index (χ0) is 11.7. The zero-order valence-electron chi connectivity index (χ0n) is 10.2. The van der Waals surface area contributed by atoms with E-state index in [9.17, 15) is 0 Å². The van der Waals surface area contributed by atoms with Crippen LogP contribution in [0.25, 0.3) is 10.9 Å². The van der Waals surface area contributed by atoms with Gasteiger partial charge in [-0.3, -0.25) is 0 Å². The van der Waals surface area contributed by atoms with Gasteiger partial charge < -0.3 is 10.7 Å². The second-order valence-corrected chi connectivity index (χ2v) is 5.25. The highest BCUT2D eigenvalue weighted by molar-refractivity contribution is 5.79. The lowest BCUT2D eigenvalue weighted by molar-refractivity contribution is 0.308. The summed E-state index contributed by atoms with van der Waals surface area (Å²) in [5.41, 5.74) is 8.90. The van der Waals surface area contributed by atoms with Gasteiger partial charge in [0.1, 0.15) is 0 Å². The number of rotatable bonds is 2. The molecule has 0 saturated heterocycles. The molecule has 1 atom stereocenters. The molecule has 1 aromatic heterocycles. The van der Waals surface area contributed by atoms with Gasteiger partial charge in [0.15, 0.2) is 0 Å². The summed E-state index contributed by atoms with van der Waals surface area (Å²) in [6.07, 6.45) is 8.67. The molecule has 0 aliphatic heterocycles. The minimum atomic E-state index is 0.211. The van der Waals surface area contributed by atoms with Crippen molar-refractivity contribution in [1.29, 1.82) is 0 Å². The van der Waals surface area contributed by atoms with Crippen LogP contribution >= 0.6 is 0 Å². The second kappa shape index (κ2) is 4.53. The molecule has 0 unspecified atom stereocenters. The van der Waals surface area contributed by atoms with Crippen LogP contribution in [0, 0.1) is 5.92 Å². The lowest BCUT2D eigenvalue weighted by Crippen LogP contribution is -2.23. The van der Waals surface area contributed by atoms with Crippen molar-refractivity contribution in [3.63, 3.8) is 0 Å². The van der Waals surface area contributed by atoms with Crippen LogP contribution in [0.3, 0.4) is 0 Å². The number of benzene rings is 1. The molecule has 1 aliphatic rings. The quantitative estimate of drug-likeness (QED) is 0.807. The normalized spacial score (nSPS) is 19.6. The number of hydrogen-bond donors (Lipinski definition) is 2. The summed E-state index contributed by atoms with van der Waals surface area (Å²) in [6, 6.07) is 8.89. The van der Waals surface area contributed by atoms with Gasteiger partial charge in [0.2, 0.25) is 0 Å². The molecule has 0 spiro atoms. The Morgan fingerprint density at radius 2 is 1.94 bits per heavy atom. The van der Waals surface area contributed by atoms with Crippen LogP contribution in [0.15, 0.2) is 30.5 Å². The van der Waals surface area contributed by atoms with E-state index >= 15 is 0 Å². The molecule has 0 radical (unpaired) electrons. The van der Waals surface area contributed by atoms with Gasteiger partial charge in [0.25, 0.3) is 0 Å². The topological polar surface area (TPSA) is 41.8 Å². The number of hydrogen-bond acceptors (Lipinski definition) is 1. The van der Waals surface area contributed by atoms with Crippen LogP contribution in [0.2, 0.25) is 0 Å². The maximum atomic E-state index is 6.42. The molecule has 2 aromatic rings. The van der Waals surface area contributed by atoms with Crippen molar-refractivity contribution in [2.75, 3.05) is 0 Å². The van der Waals surface area contributed by atoms with Crippen LogP contribution < -0.4 is 5.73 Å². The minimum Gasteiger partial charge on any atom is -0.361 e. The van der Waals surface area contributed by atoms with E-state index in [1.807, 2.05) is 6.20 Å². The fourth-order valence-electron chi connectivity index (χ4n) is 3.04. The van der Waals surface area contributed by atoms with E-state index in [2.05, 4.69) is 29.2 Å². The SMILES string of the molecule is N[C@@H](c1ccc2cc[nH]c2c1)C1CCCCC1. The summed E-state index contributed by atoms with van der Waals surface area (Å²) in [6.45, 7) is 0. The van der Waals surface area contributed by atoms with E-state index in [0.29, 0.717) is 5.92 Å². The number of fused-ring (bicyclic) bond motifs is 1. The van der Waals surface area contributed by atoms with Crippen LogP contribution in [-0.4, -0.2) is 4.98 Å². The van der Waals surface area contributed by atoms with E-state index in [1.165, 1.54) is 48.6 Å². The average Bonchev–Trinajstić information content (AvgIpc) is 2.86. The summed E-state index contributed by atoms with van der Waals surface area (Å²) >= 11 is 0. The molecule has 1 saturated carbocycles. The molecule has 90 valence electrons. The third-order valence-corrected chi connectivity index (χ3v) is 4.12. The van der Waals surface area contributed by atoms with Crippen molar-refractivity contribution in [2.24, 2.45) is 11.7 Å². The van der Waals surface area contributed by atoms with Gasteiger partial charge in [-0.1, -0.05) is 31.4 Å². The first-order valence-electron chi connectivity index (χ1n) is 6.67. The first kappa shape index (κ1) is 10.8. The highest BCUT2D eigenvalue weighted by Crippen LogP contribution is 2.33. The van der Waals surface area contributed by atoms with Crippen LogP contribution in [-0.2, 0) is 0 Å². The van der Waals surface area contributed by atoms with Gasteiger partial charge >= 0.3 is 0 Å². The van der Waals surface area contributed by atoms with E-state index in [4.69, 9.17) is 5.73 Å². The Kier molecular flexibility index (Phi) is 2.89. The number of aromatic amines is 1. The number of nitrogens with two attached hydrogens (primary N) is 1. The summed E-state index contributed by atoms with van der Waals surface area (Å²) in [5, 5.41) is 1.27. The fraction of sp³-hybridized carbons (Fsp3) is 0.467. The smallest absolute Gasteiger partial charge is 0.0457 e. The first-order chi connectivity index (χ1) is 8.34. The third-order valence-electron chi connectivity index (χ3n) is 4.12. The monoisotopic (exact) mass is 228 g/mol. The van der Waals surface area contributed by atoms with Gasteiger partial charge in [0.05, 0.1) is 0 Å². The number of H-pyrrole nitrogens is 1. The molecular formula is C15H20N2. The first-order valence-corrected chi connectivity index (χ1v) is 6.67. The van der Waals surface area contributed by atoms with Gasteiger partial charge in [0, 0.05) is 17.8 Å². The van der Waals surface area contributed by atoms with Gasteiger partial charge in [-0.2, -0.15) is 0 Å². The Bertz CT molecular complexity index is 494. The van der Waals surface area contributed by atoms with E-state index in [1.54, 1.807) is 0 Å². The molecule has 1 aliphatic carbocycles. The van der Waals surface area contributed by atoms with Crippen molar-refractivity contribution in [3.8, 4) is 0 Å². The van der Waals surface area contributed by atoms with Crippen LogP contribution in [0.4, 0.5) is 0 Å². The van der Waals surface area contributed by atoms with E-state index < -0.39 is 0 Å². The van der Waals surface area contributed by atoms with Gasteiger partial charge in [-0.15, -0.1) is 0 Å². The second-order valence-electron chi connectivity index (χ2n) is 5.25.